The molecule has 2 aliphatic rings. The zero-order valence-electron chi connectivity index (χ0n) is 11.2. The lowest BCUT2D eigenvalue weighted by Crippen LogP contribution is -2.21. The van der Waals surface area contributed by atoms with Crippen molar-refractivity contribution < 1.29 is 4.42 Å². The largest absolute Gasteiger partial charge is 0.459 e. The highest BCUT2D eigenvalue weighted by molar-refractivity contribution is 8.14. The van der Waals surface area contributed by atoms with Gasteiger partial charge in [0, 0.05) is 10.3 Å². The number of amidine groups is 1. The minimum absolute atomic E-state index is 0.0910. The Kier molecular flexibility index (Phi) is 2.26. The summed E-state index contributed by atoms with van der Waals surface area (Å²) in [6.07, 6.45) is 0. The number of furan rings is 1. The standard InChI is InChI=1S/C17H12N2OS/c1-3-7-14-11(5-1)9-15(20-14)12-10-19-13-6-2-4-8-16(13)21-17(19)18-12/h1-9,12H,10H2. The zero-order chi connectivity index (χ0) is 13.8. The van der Waals surface area contributed by atoms with Crippen LogP contribution in [0, 0.1) is 0 Å². The van der Waals surface area contributed by atoms with Gasteiger partial charge in [-0.3, -0.25) is 0 Å². The number of anilines is 1. The molecule has 102 valence electrons. The van der Waals surface area contributed by atoms with E-state index >= 15 is 0 Å². The molecule has 2 aromatic carbocycles. The average Bonchev–Trinajstić information content (AvgIpc) is 3.18. The number of benzene rings is 2. The molecule has 2 aliphatic heterocycles. The minimum atomic E-state index is 0.0910. The highest BCUT2D eigenvalue weighted by Gasteiger charge is 2.35. The van der Waals surface area contributed by atoms with Gasteiger partial charge in [-0.05, 0) is 36.0 Å². The van der Waals surface area contributed by atoms with Crippen molar-refractivity contribution in [1.29, 1.82) is 0 Å². The van der Waals surface area contributed by atoms with Crippen molar-refractivity contribution in [2.75, 3.05) is 11.4 Å². The van der Waals surface area contributed by atoms with Crippen LogP contribution in [0.4, 0.5) is 5.69 Å². The molecule has 0 amide bonds. The maximum Gasteiger partial charge on any atom is 0.169 e. The monoisotopic (exact) mass is 292 g/mol. The van der Waals surface area contributed by atoms with Gasteiger partial charge < -0.3 is 9.32 Å². The minimum Gasteiger partial charge on any atom is -0.459 e. The molecular formula is C17H12N2OS. The van der Waals surface area contributed by atoms with E-state index in [-0.39, 0.29) is 6.04 Å². The first-order chi connectivity index (χ1) is 10.4. The summed E-state index contributed by atoms with van der Waals surface area (Å²) in [6, 6.07) is 18.8. The number of hydrogen-bond acceptors (Lipinski definition) is 4. The van der Waals surface area contributed by atoms with Crippen molar-refractivity contribution in [1.82, 2.24) is 0 Å². The van der Waals surface area contributed by atoms with E-state index in [1.807, 2.05) is 18.2 Å². The van der Waals surface area contributed by atoms with Crippen molar-refractivity contribution in [3.8, 4) is 0 Å². The quantitative estimate of drug-likeness (QED) is 0.663. The van der Waals surface area contributed by atoms with E-state index in [1.54, 1.807) is 11.8 Å². The second kappa shape index (κ2) is 4.15. The maximum atomic E-state index is 5.96. The van der Waals surface area contributed by atoms with Crippen molar-refractivity contribution in [3.63, 3.8) is 0 Å². The Bertz CT molecular complexity index is 850. The lowest BCUT2D eigenvalue weighted by molar-refractivity contribution is 0.509. The van der Waals surface area contributed by atoms with Gasteiger partial charge in [-0.2, -0.15) is 0 Å². The summed E-state index contributed by atoms with van der Waals surface area (Å²) in [7, 11) is 0. The van der Waals surface area contributed by atoms with E-state index in [1.165, 1.54) is 10.6 Å². The van der Waals surface area contributed by atoms with Gasteiger partial charge >= 0.3 is 0 Å². The Labute approximate surface area is 126 Å². The van der Waals surface area contributed by atoms with Gasteiger partial charge in [0.05, 0.1) is 12.2 Å². The number of nitrogens with zero attached hydrogens (tertiary/aromatic N) is 2. The van der Waals surface area contributed by atoms with Crippen LogP contribution in [0.1, 0.15) is 11.8 Å². The fourth-order valence-corrected chi connectivity index (χ4v) is 4.05. The van der Waals surface area contributed by atoms with Crippen LogP contribution < -0.4 is 4.90 Å². The van der Waals surface area contributed by atoms with Gasteiger partial charge in [0.15, 0.2) is 5.17 Å². The Balaban J connectivity index is 1.53. The summed E-state index contributed by atoms with van der Waals surface area (Å²) in [6.45, 7) is 0.860. The van der Waals surface area contributed by atoms with E-state index in [0.29, 0.717) is 0 Å². The molecule has 0 bridgehead atoms. The van der Waals surface area contributed by atoms with E-state index in [2.05, 4.69) is 41.3 Å². The molecule has 1 atom stereocenters. The van der Waals surface area contributed by atoms with E-state index in [9.17, 15) is 0 Å². The molecule has 0 radical (unpaired) electrons. The summed E-state index contributed by atoms with van der Waals surface area (Å²) >= 11 is 1.75. The van der Waals surface area contributed by atoms with Crippen molar-refractivity contribution >= 4 is 33.6 Å². The number of aliphatic imine (C=N–C) groups is 1. The molecule has 1 aromatic heterocycles. The van der Waals surface area contributed by atoms with Crippen LogP contribution in [-0.4, -0.2) is 11.7 Å². The van der Waals surface area contributed by atoms with E-state index < -0.39 is 0 Å². The molecule has 1 unspecified atom stereocenters. The van der Waals surface area contributed by atoms with Crippen LogP contribution in [0.5, 0.6) is 0 Å². The lowest BCUT2D eigenvalue weighted by atomic mass is 10.2. The van der Waals surface area contributed by atoms with Crippen LogP contribution >= 0.6 is 11.8 Å². The van der Waals surface area contributed by atoms with Crippen LogP contribution in [0.2, 0.25) is 0 Å². The Morgan fingerprint density at radius 3 is 2.90 bits per heavy atom. The summed E-state index contributed by atoms with van der Waals surface area (Å²) in [5.74, 6) is 0.955. The molecule has 0 aliphatic carbocycles. The van der Waals surface area contributed by atoms with Gasteiger partial charge in [-0.1, -0.05) is 30.3 Å². The fraction of sp³-hybridized carbons (Fsp3) is 0.118. The molecule has 0 saturated heterocycles. The maximum absolute atomic E-state index is 5.96. The first kappa shape index (κ1) is 11.5. The third-order valence-electron chi connectivity index (χ3n) is 3.98. The van der Waals surface area contributed by atoms with Gasteiger partial charge in [-0.15, -0.1) is 0 Å². The second-order valence-electron chi connectivity index (χ2n) is 5.29. The predicted molar refractivity (Wildman–Crippen MR) is 86.0 cm³/mol. The van der Waals surface area contributed by atoms with Crippen molar-refractivity contribution in [2.45, 2.75) is 10.9 Å². The summed E-state index contributed by atoms with van der Waals surface area (Å²) < 4.78 is 5.96. The van der Waals surface area contributed by atoms with Gasteiger partial charge in [0.25, 0.3) is 0 Å². The summed E-state index contributed by atoms with van der Waals surface area (Å²) in [4.78, 5) is 8.42. The summed E-state index contributed by atoms with van der Waals surface area (Å²) in [5, 5.41) is 2.23. The highest BCUT2D eigenvalue weighted by atomic mass is 32.2. The predicted octanol–water partition coefficient (Wildman–Crippen LogP) is 4.46. The normalized spacial score (nSPS) is 19.7. The first-order valence-electron chi connectivity index (χ1n) is 6.99. The van der Waals surface area contributed by atoms with E-state index in [0.717, 1.165) is 28.4 Å². The Morgan fingerprint density at radius 2 is 1.95 bits per heavy atom. The number of hydrogen-bond donors (Lipinski definition) is 0. The van der Waals surface area contributed by atoms with Crippen molar-refractivity contribution in [3.05, 3.63) is 60.4 Å². The highest BCUT2D eigenvalue weighted by Crippen LogP contribution is 2.45. The Morgan fingerprint density at radius 1 is 1.10 bits per heavy atom. The molecule has 0 spiro atoms. The van der Waals surface area contributed by atoms with Crippen LogP contribution in [-0.2, 0) is 0 Å². The molecule has 0 N–H and O–H groups in total. The van der Waals surface area contributed by atoms with E-state index in [4.69, 9.17) is 9.41 Å². The van der Waals surface area contributed by atoms with Crippen molar-refractivity contribution in [2.24, 2.45) is 4.99 Å². The molecule has 3 aromatic rings. The van der Waals surface area contributed by atoms with Gasteiger partial charge in [-0.25, -0.2) is 4.99 Å². The lowest BCUT2D eigenvalue weighted by Gasteiger charge is -2.13. The molecule has 21 heavy (non-hydrogen) atoms. The molecule has 4 heteroatoms. The van der Waals surface area contributed by atoms with Gasteiger partial charge in [0.1, 0.15) is 17.4 Å². The molecule has 0 fully saturated rings. The first-order valence-corrected chi connectivity index (χ1v) is 7.81. The molecule has 5 rings (SSSR count). The van der Waals surface area contributed by atoms with Crippen LogP contribution in [0.25, 0.3) is 11.0 Å². The number of fused-ring (bicyclic) bond motifs is 4. The smallest absolute Gasteiger partial charge is 0.169 e. The fourth-order valence-electron chi connectivity index (χ4n) is 2.96. The third-order valence-corrected chi connectivity index (χ3v) is 5.06. The summed E-state index contributed by atoms with van der Waals surface area (Å²) in [5.41, 5.74) is 2.20. The third kappa shape index (κ3) is 1.66. The average molecular weight is 292 g/mol. The van der Waals surface area contributed by atoms with Gasteiger partial charge in [0.2, 0.25) is 0 Å². The molecule has 0 saturated carbocycles. The number of thioether (sulfide) groups is 1. The number of rotatable bonds is 1. The zero-order valence-corrected chi connectivity index (χ0v) is 12.0. The topological polar surface area (TPSA) is 28.7 Å². The molecule has 3 heterocycles. The SMILES string of the molecule is c1ccc2c(c1)SC1=NC(c3cc4ccccc4o3)CN12. The molecular weight excluding hydrogens is 280 g/mol. The Hall–Kier alpha value is -2.20. The number of para-hydroxylation sites is 2. The second-order valence-corrected chi connectivity index (χ2v) is 6.30. The van der Waals surface area contributed by atoms with Crippen LogP contribution in [0.15, 0.2) is 68.9 Å². The van der Waals surface area contributed by atoms with Crippen LogP contribution in [0.3, 0.4) is 0 Å². The molecule has 3 nitrogen and oxygen atoms in total.